The average molecular weight is 166 g/mol. The fraction of sp³-hybridized carbons (Fsp3) is 0.571. The topological polar surface area (TPSA) is 48.3 Å². The molecule has 64 valence electrons. The summed E-state index contributed by atoms with van der Waals surface area (Å²) in [7, 11) is 0. The van der Waals surface area contributed by atoms with Crippen molar-refractivity contribution in [2.24, 2.45) is 9.98 Å². The lowest BCUT2D eigenvalue weighted by molar-refractivity contribution is 0.206. The predicted molar refractivity (Wildman–Crippen MR) is 45.5 cm³/mol. The van der Waals surface area contributed by atoms with Gasteiger partial charge in [-0.2, -0.15) is 0 Å². The van der Waals surface area contributed by atoms with Crippen LogP contribution in [-0.4, -0.2) is 54.7 Å². The molecule has 0 saturated carbocycles. The second kappa shape index (κ2) is 2.92. The lowest BCUT2D eigenvalue weighted by Gasteiger charge is -2.18. The molecule has 5 heteroatoms. The van der Waals surface area contributed by atoms with Gasteiger partial charge in [-0.15, -0.1) is 0 Å². The van der Waals surface area contributed by atoms with Crippen molar-refractivity contribution in [2.75, 3.05) is 26.2 Å². The van der Waals surface area contributed by atoms with Crippen LogP contribution >= 0.6 is 0 Å². The molecule has 0 saturated heterocycles. The summed E-state index contributed by atoms with van der Waals surface area (Å²) in [5.41, 5.74) is 0. The quantitative estimate of drug-likeness (QED) is 0.491. The summed E-state index contributed by atoms with van der Waals surface area (Å²) < 4.78 is 0. The fourth-order valence-electron chi connectivity index (χ4n) is 1.21. The second-order valence-electron chi connectivity index (χ2n) is 2.71. The monoisotopic (exact) mass is 166 g/mol. The molecule has 0 aromatic carbocycles. The minimum atomic E-state index is -0.0162. The van der Waals surface area contributed by atoms with Crippen molar-refractivity contribution in [2.45, 2.75) is 0 Å². The van der Waals surface area contributed by atoms with E-state index in [-0.39, 0.29) is 6.03 Å². The highest BCUT2D eigenvalue weighted by molar-refractivity contribution is 5.94. The molecular weight excluding hydrogens is 156 g/mol. The first-order chi connectivity index (χ1) is 5.88. The van der Waals surface area contributed by atoms with Crippen molar-refractivity contribution in [1.29, 1.82) is 0 Å². The molecule has 2 aliphatic heterocycles. The third kappa shape index (κ3) is 1.17. The minimum Gasteiger partial charge on any atom is -0.283 e. The van der Waals surface area contributed by atoms with E-state index in [9.17, 15) is 4.79 Å². The van der Waals surface area contributed by atoms with Gasteiger partial charge in [0.15, 0.2) is 0 Å². The summed E-state index contributed by atoms with van der Waals surface area (Å²) in [5.74, 6) is 0. The van der Waals surface area contributed by atoms with Crippen LogP contribution < -0.4 is 0 Å². The maximum Gasteiger partial charge on any atom is 0.330 e. The molecule has 0 aliphatic carbocycles. The van der Waals surface area contributed by atoms with Gasteiger partial charge in [-0.3, -0.25) is 19.8 Å². The van der Waals surface area contributed by atoms with Crippen LogP contribution in [0.5, 0.6) is 0 Å². The predicted octanol–water partition coefficient (Wildman–Crippen LogP) is -0.206. The Labute approximate surface area is 70.4 Å². The van der Waals surface area contributed by atoms with E-state index in [2.05, 4.69) is 9.98 Å². The molecule has 0 N–H and O–H groups in total. The lowest BCUT2D eigenvalue weighted by Crippen LogP contribution is -2.40. The van der Waals surface area contributed by atoms with Crippen LogP contribution in [0, 0.1) is 0 Å². The molecule has 0 atom stereocenters. The van der Waals surface area contributed by atoms with Crippen LogP contribution in [0.25, 0.3) is 0 Å². The summed E-state index contributed by atoms with van der Waals surface area (Å²) in [5, 5.41) is 0. The van der Waals surface area contributed by atoms with Crippen LogP contribution in [0.3, 0.4) is 0 Å². The molecule has 0 aromatic heterocycles. The van der Waals surface area contributed by atoms with Gasteiger partial charge in [-0.05, 0) is 0 Å². The number of aliphatic imine (C=N–C) groups is 2. The highest BCUT2D eigenvalue weighted by atomic mass is 16.2. The van der Waals surface area contributed by atoms with Crippen LogP contribution in [0.4, 0.5) is 4.79 Å². The average Bonchev–Trinajstić information content (AvgIpc) is 2.77. The zero-order valence-corrected chi connectivity index (χ0v) is 6.68. The molecule has 5 nitrogen and oxygen atoms in total. The molecule has 0 radical (unpaired) electrons. The van der Waals surface area contributed by atoms with E-state index >= 15 is 0 Å². The molecule has 0 aromatic rings. The zero-order valence-electron chi connectivity index (χ0n) is 6.68. The molecule has 2 heterocycles. The Balaban J connectivity index is 1.99. The number of amides is 2. The largest absolute Gasteiger partial charge is 0.330 e. The summed E-state index contributed by atoms with van der Waals surface area (Å²) in [6, 6.07) is -0.0162. The van der Waals surface area contributed by atoms with Gasteiger partial charge in [0.05, 0.1) is 25.8 Å². The van der Waals surface area contributed by atoms with E-state index < -0.39 is 0 Å². The van der Waals surface area contributed by atoms with E-state index in [1.54, 1.807) is 22.5 Å². The van der Waals surface area contributed by atoms with E-state index in [1.165, 1.54) is 0 Å². The Kier molecular flexibility index (Phi) is 1.77. The maximum atomic E-state index is 11.5. The summed E-state index contributed by atoms with van der Waals surface area (Å²) >= 11 is 0. The number of rotatable bonds is 0. The van der Waals surface area contributed by atoms with E-state index in [0.29, 0.717) is 13.1 Å². The van der Waals surface area contributed by atoms with Crippen molar-refractivity contribution in [3.05, 3.63) is 0 Å². The van der Waals surface area contributed by atoms with Gasteiger partial charge in [-0.25, -0.2) is 4.79 Å². The zero-order chi connectivity index (χ0) is 8.39. The number of urea groups is 1. The molecule has 0 bridgehead atoms. The van der Waals surface area contributed by atoms with E-state index in [4.69, 9.17) is 0 Å². The third-order valence-corrected chi connectivity index (χ3v) is 1.87. The van der Waals surface area contributed by atoms with Gasteiger partial charge in [0.25, 0.3) is 0 Å². The minimum absolute atomic E-state index is 0.0162. The number of hydrogen-bond acceptors (Lipinski definition) is 3. The Morgan fingerprint density at radius 3 is 1.92 bits per heavy atom. The van der Waals surface area contributed by atoms with Crippen LogP contribution in [0.2, 0.25) is 0 Å². The van der Waals surface area contributed by atoms with Gasteiger partial charge in [-0.1, -0.05) is 0 Å². The van der Waals surface area contributed by atoms with Crippen molar-refractivity contribution < 1.29 is 4.79 Å². The van der Waals surface area contributed by atoms with Gasteiger partial charge in [0, 0.05) is 13.1 Å². The Hall–Kier alpha value is -1.39. The fourth-order valence-corrected chi connectivity index (χ4v) is 1.21. The van der Waals surface area contributed by atoms with Crippen LogP contribution in [0.15, 0.2) is 9.98 Å². The molecule has 2 rings (SSSR count). The normalized spacial score (nSPS) is 21.0. The molecule has 2 aliphatic rings. The maximum absolute atomic E-state index is 11.5. The number of carbonyl (C=O) groups is 1. The van der Waals surface area contributed by atoms with Crippen LogP contribution in [-0.2, 0) is 0 Å². The van der Waals surface area contributed by atoms with Crippen molar-refractivity contribution in [3.63, 3.8) is 0 Å². The molecule has 2 amide bonds. The summed E-state index contributed by atoms with van der Waals surface area (Å²) in [6.45, 7) is 2.83. The smallest absolute Gasteiger partial charge is 0.283 e. The number of nitrogens with zero attached hydrogens (tertiary/aromatic N) is 4. The summed E-state index contributed by atoms with van der Waals surface area (Å²) in [6.07, 6.45) is 3.18. The van der Waals surface area contributed by atoms with Crippen LogP contribution in [0.1, 0.15) is 0 Å². The molecule has 0 unspecified atom stereocenters. The van der Waals surface area contributed by atoms with E-state index in [1.807, 2.05) is 0 Å². The lowest BCUT2D eigenvalue weighted by atomic mass is 10.5. The molecule has 12 heavy (non-hydrogen) atoms. The first kappa shape index (κ1) is 7.27. The Morgan fingerprint density at radius 1 is 1.08 bits per heavy atom. The Bertz CT molecular complexity index is 224. The standard InChI is InChI=1S/C7H10N4O/c12-7(10-3-1-8-5-10)11-4-2-9-6-11/h5-6H,1-4H2. The first-order valence-electron chi connectivity index (χ1n) is 3.95. The first-order valence-corrected chi connectivity index (χ1v) is 3.95. The van der Waals surface area contributed by atoms with Crippen molar-refractivity contribution >= 4 is 18.7 Å². The SMILES string of the molecule is O=C(N1C=NCC1)N1C=NCC1. The van der Waals surface area contributed by atoms with E-state index in [0.717, 1.165) is 13.1 Å². The second-order valence-corrected chi connectivity index (χ2v) is 2.71. The molecule has 0 spiro atoms. The molecule has 0 fully saturated rings. The van der Waals surface area contributed by atoms with Gasteiger partial charge < -0.3 is 0 Å². The Morgan fingerprint density at radius 2 is 1.58 bits per heavy atom. The van der Waals surface area contributed by atoms with Gasteiger partial charge in [0.2, 0.25) is 0 Å². The van der Waals surface area contributed by atoms with Crippen molar-refractivity contribution in [1.82, 2.24) is 9.80 Å². The highest BCUT2D eigenvalue weighted by Crippen LogP contribution is 2.02. The third-order valence-electron chi connectivity index (χ3n) is 1.87. The highest BCUT2D eigenvalue weighted by Gasteiger charge is 2.21. The van der Waals surface area contributed by atoms with Gasteiger partial charge in [0.1, 0.15) is 0 Å². The molecular formula is C7H10N4O. The van der Waals surface area contributed by atoms with Gasteiger partial charge >= 0.3 is 6.03 Å². The number of carbonyl (C=O) groups excluding carboxylic acids is 1. The summed E-state index contributed by atoms with van der Waals surface area (Å²) in [4.78, 5) is 22.7. The number of hydrogen-bond donors (Lipinski definition) is 0. The van der Waals surface area contributed by atoms with Crippen molar-refractivity contribution in [3.8, 4) is 0 Å².